The van der Waals surface area contributed by atoms with Gasteiger partial charge in [0, 0.05) is 10.0 Å². The smallest absolute Gasteiger partial charge is 0.139 e. The molecule has 0 aliphatic carbocycles. The number of halogens is 3. The molecule has 0 radical (unpaired) electrons. The van der Waals surface area contributed by atoms with Gasteiger partial charge in [-0.15, -0.1) is 0 Å². The molecule has 0 amide bonds. The lowest BCUT2D eigenvalue weighted by atomic mass is 10.1. The number of rotatable bonds is 2. The highest BCUT2D eigenvalue weighted by molar-refractivity contribution is 9.10. The minimum absolute atomic E-state index is 0.408. The first-order valence-corrected chi connectivity index (χ1v) is 6.08. The Morgan fingerprint density at radius 3 is 2.56 bits per heavy atom. The molecule has 0 fully saturated rings. The Morgan fingerprint density at radius 1 is 1.25 bits per heavy atom. The predicted molar refractivity (Wildman–Crippen MR) is 68.9 cm³/mol. The van der Waals surface area contributed by atoms with Crippen LogP contribution in [0.5, 0.6) is 0 Å². The van der Waals surface area contributed by atoms with Crippen molar-refractivity contribution in [3.05, 3.63) is 56.4 Å². The van der Waals surface area contributed by atoms with E-state index in [4.69, 9.17) is 33.4 Å². The number of benzene rings is 1. The third-order valence-electron chi connectivity index (χ3n) is 2.22. The van der Waals surface area contributed by atoms with Gasteiger partial charge in [0.25, 0.3) is 0 Å². The molecule has 2 aromatic rings. The standard InChI is InChI=1S/C11H8BrCl2NO/c12-8-3-4-16-11(8)10(15)7-2-1-6(13)5-9(7)14/h1-5,10H,15H2. The summed E-state index contributed by atoms with van der Waals surface area (Å²) in [5, 5.41) is 1.11. The van der Waals surface area contributed by atoms with Crippen LogP contribution in [-0.2, 0) is 0 Å². The summed E-state index contributed by atoms with van der Waals surface area (Å²) in [4.78, 5) is 0. The van der Waals surface area contributed by atoms with E-state index in [0.29, 0.717) is 15.8 Å². The van der Waals surface area contributed by atoms with E-state index in [1.807, 2.05) is 0 Å². The predicted octanol–water partition coefficient (Wildman–Crippen LogP) is 4.40. The van der Waals surface area contributed by atoms with Crippen molar-refractivity contribution < 1.29 is 4.42 Å². The summed E-state index contributed by atoms with van der Waals surface area (Å²) in [6.45, 7) is 0. The molecule has 5 heteroatoms. The molecule has 16 heavy (non-hydrogen) atoms. The Kier molecular flexibility index (Phi) is 3.60. The van der Waals surface area contributed by atoms with Gasteiger partial charge < -0.3 is 10.2 Å². The fourth-order valence-corrected chi connectivity index (χ4v) is 2.40. The molecule has 0 aliphatic heterocycles. The lowest BCUT2D eigenvalue weighted by Gasteiger charge is -2.12. The summed E-state index contributed by atoms with van der Waals surface area (Å²) >= 11 is 15.3. The molecule has 2 nitrogen and oxygen atoms in total. The van der Waals surface area contributed by atoms with E-state index in [0.717, 1.165) is 10.0 Å². The van der Waals surface area contributed by atoms with Gasteiger partial charge in [0.05, 0.1) is 16.8 Å². The highest BCUT2D eigenvalue weighted by Crippen LogP contribution is 2.32. The molecule has 2 rings (SSSR count). The first-order valence-electron chi connectivity index (χ1n) is 4.53. The van der Waals surface area contributed by atoms with E-state index >= 15 is 0 Å². The monoisotopic (exact) mass is 319 g/mol. The van der Waals surface area contributed by atoms with Gasteiger partial charge in [-0.25, -0.2) is 0 Å². The van der Waals surface area contributed by atoms with Crippen molar-refractivity contribution in [2.75, 3.05) is 0 Å². The first kappa shape index (κ1) is 12.0. The molecule has 2 N–H and O–H groups in total. The van der Waals surface area contributed by atoms with Crippen LogP contribution in [0, 0.1) is 0 Å². The lowest BCUT2D eigenvalue weighted by molar-refractivity contribution is 0.487. The Hall–Kier alpha value is -0.480. The van der Waals surface area contributed by atoms with Crippen LogP contribution in [-0.4, -0.2) is 0 Å². The molecule has 0 bridgehead atoms. The van der Waals surface area contributed by atoms with E-state index in [1.54, 1.807) is 30.5 Å². The fraction of sp³-hybridized carbons (Fsp3) is 0.0909. The second-order valence-electron chi connectivity index (χ2n) is 3.28. The first-order chi connectivity index (χ1) is 7.59. The van der Waals surface area contributed by atoms with Crippen LogP contribution < -0.4 is 5.73 Å². The van der Waals surface area contributed by atoms with Crippen molar-refractivity contribution in [2.24, 2.45) is 5.73 Å². The fourth-order valence-electron chi connectivity index (χ4n) is 1.42. The van der Waals surface area contributed by atoms with Crippen molar-refractivity contribution in [1.82, 2.24) is 0 Å². The zero-order valence-corrected chi connectivity index (χ0v) is 11.2. The van der Waals surface area contributed by atoms with Crippen LogP contribution in [0.2, 0.25) is 10.0 Å². The van der Waals surface area contributed by atoms with Gasteiger partial charge in [-0.3, -0.25) is 0 Å². The van der Waals surface area contributed by atoms with Gasteiger partial charge in [0.2, 0.25) is 0 Å². The Morgan fingerprint density at radius 2 is 2.00 bits per heavy atom. The minimum Gasteiger partial charge on any atom is -0.466 e. The third-order valence-corrected chi connectivity index (χ3v) is 3.44. The van der Waals surface area contributed by atoms with Crippen LogP contribution in [0.25, 0.3) is 0 Å². The third kappa shape index (κ3) is 2.28. The van der Waals surface area contributed by atoms with Crippen molar-refractivity contribution in [1.29, 1.82) is 0 Å². The molecule has 1 atom stereocenters. The molecule has 84 valence electrons. The number of hydrogen-bond acceptors (Lipinski definition) is 2. The summed E-state index contributed by atoms with van der Waals surface area (Å²) in [6.07, 6.45) is 1.57. The van der Waals surface area contributed by atoms with Gasteiger partial charge in [-0.1, -0.05) is 29.3 Å². The topological polar surface area (TPSA) is 39.2 Å². The number of hydrogen-bond donors (Lipinski definition) is 1. The molecular weight excluding hydrogens is 313 g/mol. The normalized spacial score (nSPS) is 12.8. The maximum atomic E-state index is 6.07. The van der Waals surface area contributed by atoms with Gasteiger partial charge >= 0.3 is 0 Å². The molecule has 0 spiro atoms. The average Bonchev–Trinajstić information content (AvgIpc) is 2.63. The second kappa shape index (κ2) is 4.80. The molecule has 1 aromatic heterocycles. The average molecular weight is 321 g/mol. The van der Waals surface area contributed by atoms with Gasteiger partial charge in [0.1, 0.15) is 5.76 Å². The van der Waals surface area contributed by atoms with Crippen LogP contribution in [0.15, 0.2) is 39.4 Å². The van der Waals surface area contributed by atoms with E-state index < -0.39 is 6.04 Å². The molecule has 1 unspecified atom stereocenters. The second-order valence-corrected chi connectivity index (χ2v) is 4.97. The molecule has 1 heterocycles. The summed E-state index contributed by atoms with van der Waals surface area (Å²) in [5.41, 5.74) is 6.84. The molecule has 0 saturated heterocycles. The summed E-state index contributed by atoms with van der Waals surface area (Å²) < 4.78 is 6.13. The minimum atomic E-state index is -0.408. The van der Waals surface area contributed by atoms with E-state index in [-0.39, 0.29) is 0 Å². The summed E-state index contributed by atoms with van der Waals surface area (Å²) in [6, 6.07) is 6.59. The highest BCUT2D eigenvalue weighted by Gasteiger charge is 2.18. The van der Waals surface area contributed by atoms with Crippen molar-refractivity contribution in [2.45, 2.75) is 6.04 Å². The summed E-state index contributed by atoms with van der Waals surface area (Å²) in [5.74, 6) is 0.643. The van der Waals surface area contributed by atoms with Crippen molar-refractivity contribution in [3.63, 3.8) is 0 Å². The van der Waals surface area contributed by atoms with Gasteiger partial charge in [-0.2, -0.15) is 0 Å². The Bertz CT molecular complexity index is 512. The molecule has 0 saturated carbocycles. The number of furan rings is 1. The maximum absolute atomic E-state index is 6.07. The zero-order valence-electron chi connectivity index (χ0n) is 8.08. The maximum Gasteiger partial charge on any atom is 0.139 e. The van der Waals surface area contributed by atoms with Crippen molar-refractivity contribution >= 4 is 39.1 Å². The van der Waals surface area contributed by atoms with Crippen molar-refractivity contribution in [3.8, 4) is 0 Å². The van der Waals surface area contributed by atoms with Gasteiger partial charge in [-0.05, 0) is 39.7 Å². The van der Waals surface area contributed by atoms with E-state index in [1.165, 1.54) is 0 Å². The highest BCUT2D eigenvalue weighted by atomic mass is 79.9. The number of nitrogens with two attached hydrogens (primary N) is 1. The van der Waals surface area contributed by atoms with Crippen LogP contribution in [0.4, 0.5) is 0 Å². The van der Waals surface area contributed by atoms with E-state index in [9.17, 15) is 0 Å². The lowest BCUT2D eigenvalue weighted by Crippen LogP contribution is -2.11. The molecule has 0 aliphatic rings. The van der Waals surface area contributed by atoms with Crippen LogP contribution >= 0.6 is 39.1 Å². The summed E-state index contributed by atoms with van der Waals surface area (Å²) in [7, 11) is 0. The van der Waals surface area contributed by atoms with Crippen LogP contribution in [0.3, 0.4) is 0 Å². The van der Waals surface area contributed by atoms with Crippen LogP contribution in [0.1, 0.15) is 17.4 Å². The SMILES string of the molecule is NC(c1ccc(Cl)cc1Cl)c1occc1Br. The largest absolute Gasteiger partial charge is 0.466 e. The van der Waals surface area contributed by atoms with E-state index in [2.05, 4.69) is 15.9 Å². The zero-order chi connectivity index (χ0) is 11.7. The quantitative estimate of drug-likeness (QED) is 0.891. The molecular formula is C11H8BrCl2NO. The molecule has 1 aromatic carbocycles. The Balaban J connectivity index is 2.41. The van der Waals surface area contributed by atoms with Gasteiger partial charge in [0.15, 0.2) is 0 Å². The Labute approximate surface area is 111 Å².